The van der Waals surface area contributed by atoms with E-state index in [1.54, 1.807) is 26.0 Å². The summed E-state index contributed by atoms with van der Waals surface area (Å²) in [5.41, 5.74) is 0. The predicted molar refractivity (Wildman–Crippen MR) is 64.7 cm³/mol. The predicted octanol–water partition coefficient (Wildman–Crippen LogP) is 1.73. The number of pyridine rings is 1. The van der Waals surface area contributed by atoms with Crippen molar-refractivity contribution in [2.75, 3.05) is 11.8 Å². The van der Waals surface area contributed by atoms with Gasteiger partial charge < -0.3 is 0 Å². The van der Waals surface area contributed by atoms with Gasteiger partial charge in [-0.05, 0) is 26.0 Å². The minimum absolute atomic E-state index is 0.128. The normalized spacial score (nSPS) is 12.1. The Bertz CT molecular complexity index is 462. The largest absolute Gasteiger partial charge is 0.302 e. The van der Waals surface area contributed by atoms with E-state index in [0.717, 1.165) is 0 Å². The Kier molecular flexibility index (Phi) is 4.12. The molecule has 7 heteroatoms. The highest BCUT2D eigenvalue weighted by molar-refractivity contribution is 7.90. The molecule has 1 N–H and O–H groups in total. The van der Waals surface area contributed by atoms with Crippen LogP contribution in [0.4, 0.5) is 5.82 Å². The molecule has 0 radical (unpaired) electrons. The van der Waals surface area contributed by atoms with Gasteiger partial charge in [-0.3, -0.25) is 4.72 Å². The van der Waals surface area contributed by atoms with Gasteiger partial charge in [0.05, 0.1) is 0 Å². The fourth-order valence-corrected chi connectivity index (χ4v) is 2.19. The van der Waals surface area contributed by atoms with E-state index >= 15 is 0 Å². The summed E-state index contributed by atoms with van der Waals surface area (Å²) in [6.45, 7) is 3.56. The van der Waals surface area contributed by atoms with Gasteiger partial charge in [0.2, 0.25) is 0 Å². The average molecular weight is 264 g/mol. The van der Waals surface area contributed by atoms with Crippen molar-refractivity contribution < 1.29 is 8.42 Å². The summed E-state index contributed by atoms with van der Waals surface area (Å²) < 4.78 is 27.1. The maximum absolute atomic E-state index is 11.8. The number of hydrogen-bond donors (Lipinski definition) is 1. The first-order chi connectivity index (χ1) is 7.33. The van der Waals surface area contributed by atoms with Crippen LogP contribution < -0.4 is 4.72 Å². The third-order valence-electron chi connectivity index (χ3n) is 2.05. The summed E-state index contributed by atoms with van der Waals surface area (Å²) in [6, 6.07) is 4.61. The number of nitrogens with zero attached hydrogens (tertiary/aromatic N) is 2. The van der Waals surface area contributed by atoms with E-state index in [9.17, 15) is 8.42 Å². The molecule has 0 unspecified atom stereocenters. The minimum Gasteiger partial charge on any atom is -0.254 e. The Morgan fingerprint density at radius 1 is 1.44 bits per heavy atom. The lowest BCUT2D eigenvalue weighted by Crippen LogP contribution is -2.37. The fraction of sp³-hybridized carbons (Fsp3) is 0.444. The number of nitrogens with one attached hydrogen (secondary N) is 1. The van der Waals surface area contributed by atoms with Crippen LogP contribution in [0.3, 0.4) is 0 Å². The van der Waals surface area contributed by atoms with Crippen LogP contribution in [0.25, 0.3) is 0 Å². The van der Waals surface area contributed by atoms with Crippen molar-refractivity contribution >= 4 is 27.6 Å². The molecule has 1 aromatic heterocycles. The van der Waals surface area contributed by atoms with Crippen molar-refractivity contribution in [3.63, 3.8) is 0 Å². The lowest BCUT2D eigenvalue weighted by molar-refractivity contribution is 0.414. The Morgan fingerprint density at radius 3 is 2.56 bits per heavy atom. The van der Waals surface area contributed by atoms with Crippen molar-refractivity contribution in [2.24, 2.45) is 0 Å². The van der Waals surface area contributed by atoms with Crippen molar-refractivity contribution in [1.29, 1.82) is 0 Å². The Morgan fingerprint density at radius 2 is 2.06 bits per heavy atom. The van der Waals surface area contributed by atoms with E-state index in [1.807, 2.05) is 0 Å². The Labute approximate surface area is 101 Å². The molecule has 1 rings (SSSR count). The Hall–Kier alpha value is -0.850. The standard InChI is InChI=1S/C9H14ClN3O2S/c1-7(2)13(3)16(14,15)12-9-6-4-5-8(10)11-9/h4-7H,1-3H3,(H,11,12). The van der Waals surface area contributed by atoms with Crippen molar-refractivity contribution in [3.8, 4) is 0 Å². The van der Waals surface area contributed by atoms with Gasteiger partial charge in [0.25, 0.3) is 0 Å². The molecule has 0 aliphatic heterocycles. The molecule has 0 aliphatic carbocycles. The summed E-state index contributed by atoms with van der Waals surface area (Å²) in [6.07, 6.45) is 0. The summed E-state index contributed by atoms with van der Waals surface area (Å²) in [5.74, 6) is 0.208. The molecule has 5 nitrogen and oxygen atoms in total. The van der Waals surface area contributed by atoms with Gasteiger partial charge in [0.1, 0.15) is 11.0 Å². The first kappa shape index (κ1) is 13.2. The first-order valence-corrected chi connectivity index (χ1v) is 6.53. The van der Waals surface area contributed by atoms with Gasteiger partial charge >= 0.3 is 10.2 Å². The molecule has 0 saturated carbocycles. The molecule has 0 aromatic carbocycles. The molecule has 0 saturated heterocycles. The average Bonchev–Trinajstić information content (AvgIpc) is 2.15. The number of rotatable bonds is 4. The minimum atomic E-state index is -3.57. The van der Waals surface area contributed by atoms with Crippen LogP contribution in [-0.4, -0.2) is 30.8 Å². The number of anilines is 1. The van der Waals surface area contributed by atoms with Crippen molar-refractivity contribution in [1.82, 2.24) is 9.29 Å². The molecule has 1 aromatic rings. The third kappa shape index (κ3) is 3.33. The van der Waals surface area contributed by atoms with Crippen LogP contribution in [0.2, 0.25) is 5.15 Å². The molecule has 0 aliphatic rings. The second-order valence-corrected chi connectivity index (χ2v) is 5.68. The highest BCUT2D eigenvalue weighted by atomic mass is 35.5. The zero-order valence-corrected chi connectivity index (χ0v) is 10.9. The molecule has 0 fully saturated rings. The highest BCUT2D eigenvalue weighted by Gasteiger charge is 2.20. The summed E-state index contributed by atoms with van der Waals surface area (Å²) in [7, 11) is -2.07. The number of aromatic nitrogens is 1. The SMILES string of the molecule is CC(C)N(C)S(=O)(=O)Nc1cccc(Cl)n1. The number of halogens is 1. The molecule has 90 valence electrons. The van der Waals surface area contributed by atoms with Crippen LogP contribution in [0.1, 0.15) is 13.8 Å². The van der Waals surface area contributed by atoms with Gasteiger partial charge in [-0.2, -0.15) is 12.7 Å². The van der Waals surface area contributed by atoms with Crippen LogP contribution in [0.5, 0.6) is 0 Å². The third-order valence-corrected chi connectivity index (χ3v) is 3.91. The molecule has 1 heterocycles. The van der Waals surface area contributed by atoms with E-state index in [0.29, 0.717) is 0 Å². The van der Waals surface area contributed by atoms with Gasteiger partial charge in [0, 0.05) is 13.1 Å². The summed E-state index contributed by atoms with van der Waals surface area (Å²) in [5, 5.41) is 0.243. The molecule has 0 bridgehead atoms. The van der Waals surface area contributed by atoms with Crippen LogP contribution in [-0.2, 0) is 10.2 Å². The lowest BCUT2D eigenvalue weighted by Gasteiger charge is -2.21. The van der Waals surface area contributed by atoms with Crippen LogP contribution in [0.15, 0.2) is 18.2 Å². The maximum atomic E-state index is 11.8. The zero-order valence-electron chi connectivity index (χ0n) is 9.31. The monoisotopic (exact) mass is 263 g/mol. The van der Waals surface area contributed by atoms with E-state index in [2.05, 4.69) is 9.71 Å². The molecule has 0 atom stereocenters. The van der Waals surface area contributed by atoms with Crippen molar-refractivity contribution in [3.05, 3.63) is 23.4 Å². The molecule has 0 spiro atoms. The van der Waals surface area contributed by atoms with Crippen molar-refractivity contribution in [2.45, 2.75) is 19.9 Å². The molecule has 16 heavy (non-hydrogen) atoms. The lowest BCUT2D eigenvalue weighted by atomic mass is 10.4. The van der Waals surface area contributed by atoms with Crippen LogP contribution in [0, 0.1) is 0 Å². The van der Waals surface area contributed by atoms with E-state index in [4.69, 9.17) is 11.6 Å². The highest BCUT2D eigenvalue weighted by Crippen LogP contribution is 2.12. The van der Waals surface area contributed by atoms with Gasteiger partial charge in [-0.25, -0.2) is 4.98 Å². The second kappa shape index (κ2) is 4.99. The van der Waals surface area contributed by atoms with E-state index in [1.165, 1.54) is 17.4 Å². The maximum Gasteiger partial charge on any atom is 0.302 e. The van der Waals surface area contributed by atoms with Gasteiger partial charge in [-0.1, -0.05) is 17.7 Å². The Balaban J connectivity index is 2.89. The fourth-order valence-electron chi connectivity index (χ4n) is 0.947. The molecule has 0 amide bonds. The summed E-state index contributed by atoms with van der Waals surface area (Å²) >= 11 is 5.66. The van der Waals surface area contributed by atoms with E-state index in [-0.39, 0.29) is 17.0 Å². The second-order valence-electron chi connectivity index (χ2n) is 3.56. The van der Waals surface area contributed by atoms with E-state index < -0.39 is 10.2 Å². The quantitative estimate of drug-likeness (QED) is 0.842. The first-order valence-electron chi connectivity index (χ1n) is 4.71. The smallest absolute Gasteiger partial charge is 0.254 e. The van der Waals surface area contributed by atoms with Crippen LogP contribution >= 0.6 is 11.6 Å². The molecular weight excluding hydrogens is 250 g/mol. The zero-order chi connectivity index (χ0) is 12.3. The topological polar surface area (TPSA) is 62.3 Å². The molecular formula is C9H14ClN3O2S. The number of hydrogen-bond acceptors (Lipinski definition) is 3. The van der Waals surface area contributed by atoms with Gasteiger partial charge in [0.15, 0.2) is 0 Å². The van der Waals surface area contributed by atoms with Gasteiger partial charge in [-0.15, -0.1) is 0 Å². The summed E-state index contributed by atoms with van der Waals surface area (Å²) in [4.78, 5) is 3.85.